The molecule has 28 heavy (non-hydrogen) atoms. The summed E-state index contributed by atoms with van der Waals surface area (Å²) in [5, 5.41) is 7.48. The number of benzene rings is 2. The number of rotatable bonds is 4. The number of fused-ring (bicyclic) bond motifs is 1. The quantitative estimate of drug-likeness (QED) is 0.658. The van der Waals surface area contributed by atoms with E-state index in [2.05, 4.69) is 26.3 Å². The highest BCUT2D eigenvalue weighted by Gasteiger charge is 2.21. The van der Waals surface area contributed by atoms with E-state index in [9.17, 15) is 4.79 Å². The van der Waals surface area contributed by atoms with Gasteiger partial charge in [-0.05, 0) is 49.7 Å². The topological polar surface area (TPSA) is 65.4 Å². The van der Waals surface area contributed by atoms with Crippen molar-refractivity contribution in [1.29, 1.82) is 0 Å². The van der Waals surface area contributed by atoms with Crippen molar-refractivity contribution in [1.82, 2.24) is 15.1 Å². The van der Waals surface area contributed by atoms with Crippen LogP contribution in [0.5, 0.6) is 11.5 Å². The summed E-state index contributed by atoms with van der Waals surface area (Å²) in [6, 6.07) is 15.1. The second-order valence-electron chi connectivity index (χ2n) is 6.63. The fraction of sp³-hybridized carbons (Fsp3) is 0.238. The average Bonchev–Trinajstić information content (AvgIpc) is 3.10. The van der Waals surface area contributed by atoms with Crippen molar-refractivity contribution in [2.75, 3.05) is 13.2 Å². The summed E-state index contributed by atoms with van der Waals surface area (Å²) in [6.07, 6.45) is 0. The molecule has 0 saturated heterocycles. The van der Waals surface area contributed by atoms with Gasteiger partial charge < -0.3 is 14.8 Å². The molecule has 0 radical (unpaired) electrons. The minimum atomic E-state index is -0.236. The minimum absolute atomic E-state index is 0.230. The highest BCUT2D eigenvalue weighted by molar-refractivity contribution is 9.10. The number of amides is 1. The van der Waals surface area contributed by atoms with Crippen LogP contribution in [0.25, 0.3) is 5.69 Å². The summed E-state index contributed by atoms with van der Waals surface area (Å²) >= 11 is 3.56. The molecule has 4 rings (SSSR count). The van der Waals surface area contributed by atoms with Gasteiger partial charge in [0.15, 0.2) is 17.2 Å². The van der Waals surface area contributed by atoms with Gasteiger partial charge in [0.05, 0.1) is 11.7 Å². The molecule has 0 fully saturated rings. The number of hydrogen-bond acceptors (Lipinski definition) is 4. The van der Waals surface area contributed by atoms with E-state index in [0.717, 1.165) is 21.4 Å². The van der Waals surface area contributed by atoms with Crippen molar-refractivity contribution in [2.24, 2.45) is 0 Å². The number of nitrogens with one attached hydrogen (secondary N) is 1. The van der Waals surface area contributed by atoms with Crippen molar-refractivity contribution in [2.45, 2.75) is 19.9 Å². The molecule has 0 bridgehead atoms. The largest absolute Gasteiger partial charge is 0.486 e. The van der Waals surface area contributed by atoms with Gasteiger partial charge in [-0.1, -0.05) is 34.1 Å². The van der Waals surface area contributed by atoms with Crippen molar-refractivity contribution < 1.29 is 14.3 Å². The Labute approximate surface area is 171 Å². The van der Waals surface area contributed by atoms with E-state index >= 15 is 0 Å². The van der Waals surface area contributed by atoms with Crippen LogP contribution in [0.15, 0.2) is 53.0 Å². The maximum atomic E-state index is 12.8. The van der Waals surface area contributed by atoms with Crippen molar-refractivity contribution in [3.05, 3.63) is 70.0 Å². The van der Waals surface area contributed by atoms with E-state index in [-0.39, 0.29) is 11.9 Å². The Morgan fingerprint density at radius 2 is 1.82 bits per heavy atom. The molecule has 1 aliphatic heterocycles. The molecule has 6 nitrogen and oxygen atoms in total. The van der Waals surface area contributed by atoms with E-state index in [0.29, 0.717) is 30.4 Å². The predicted molar refractivity (Wildman–Crippen MR) is 109 cm³/mol. The van der Waals surface area contributed by atoms with E-state index in [1.807, 2.05) is 56.3 Å². The van der Waals surface area contributed by atoms with Crippen molar-refractivity contribution in [3.63, 3.8) is 0 Å². The van der Waals surface area contributed by atoms with Gasteiger partial charge in [-0.2, -0.15) is 5.10 Å². The Hall–Kier alpha value is -2.80. The van der Waals surface area contributed by atoms with Gasteiger partial charge in [0, 0.05) is 10.2 Å². The molecule has 0 saturated carbocycles. The number of aryl methyl sites for hydroxylation is 1. The highest BCUT2D eigenvalue weighted by atomic mass is 79.9. The van der Waals surface area contributed by atoms with Gasteiger partial charge in [0.2, 0.25) is 0 Å². The molecule has 7 heteroatoms. The normalized spacial score (nSPS) is 13.8. The fourth-order valence-electron chi connectivity index (χ4n) is 3.18. The Balaban J connectivity index is 1.54. The van der Waals surface area contributed by atoms with E-state index in [1.54, 1.807) is 10.7 Å². The zero-order valence-corrected chi connectivity index (χ0v) is 17.2. The van der Waals surface area contributed by atoms with Crippen LogP contribution in [0.4, 0.5) is 0 Å². The lowest BCUT2D eigenvalue weighted by Gasteiger charge is -2.22. The maximum Gasteiger partial charge on any atom is 0.272 e. The number of nitrogens with zero attached hydrogens (tertiary/aromatic N) is 2. The first kappa shape index (κ1) is 18.6. The fourth-order valence-corrected chi connectivity index (χ4v) is 3.84. The molecule has 0 aliphatic carbocycles. The van der Waals surface area contributed by atoms with Crippen LogP contribution in [-0.2, 0) is 0 Å². The van der Waals surface area contributed by atoms with Crippen molar-refractivity contribution >= 4 is 21.8 Å². The molecule has 1 N–H and O–H groups in total. The number of aromatic nitrogens is 2. The molecule has 144 valence electrons. The summed E-state index contributed by atoms with van der Waals surface area (Å²) in [4.78, 5) is 12.8. The van der Waals surface area contributed by atoms with Gasteiger partial charge in [-0.15, -0.1) is 0 Å². The molecule has 1 atom stereocenters. The molecular weight excluding hydrogens is 422 g/mol. The van der Waals surface area contributed by atoms with Gasteiger partial charge in [0.1, 0.15) is 13.2 Å². The third-order valence-corrected chi connectivity index (χ3v) is 5.28. The monoisotopic (exact) mass is 441 g/mol. The van der Waals surface area contributed by atoms with Crippen LogP contribution < -0.4 is 14.8 Å². The van der Waals surface area contributed by atoms with E-state index in [1.165, 1.54) is 0 Å². The Morgan fingerprint density at radius 3 is 2.54 bits per heavy atom. The maximum absolute atomic E-state index is 12.8. The van der Waals surface area contributed by atoms with Gasteiger partial charge in [-0.3, -0.25) is 4.79 Å². The first-order valence-electron chi connectivity index (χ1n) is 9.05. The van der Waals surface area contributed by atoms with Gasteiger partial charge >= 0.3 is 0 Å². The first-order chi connectivity index (χ1) is 13.5. The zero-order valence-electron chi connectivity index (χ0n) is 15.6. The predicted octanol–water partition coefficient (Wildman–Crippen LogP) is 4.21. The average molecular weight is 442 g/mol. The molecule has 2 heterocycles. The molecule has 2 aromatic carbocycles. The minimum Gasteiger partial charge on any atom is -0.486 e. The second kappa shape index (κ2) is 7.67. The van der Waals surface area contributed by atoms with Crippen LogP contribution in [0.2, 0.25) is 0 Å². The van der Waals surface area contributed by atoms with E-state index < -0.39 is 0 Å². The van der Waals surface area contributed by atoms with Crippen LogP contribution in [-0.4, -0.2) is 28.9 Å². The molecule has 1 aliphatic rings. The number of carbonyl (C=O) groups is 1. The summed E-state index contributed by atoms with van der Waals surface area (Å²) in [6.45, 7) is 4.91. The zero-order chi connectivity index (χ0) is 19.7. The molecule has 0 spiro atoms. The number of carbonyl (C=O) groups excluding carboxylic acids is 1. The SMILES string of the molecule is Cc1cc(C(=O)NC(C)c2cc3c(cc2Br)OCCO3)nn1-c1ccccc1. The molecular formula is C21H20BrN3O3. The van der Waals surface area contributed by atoms with Crippen LogP contribution >= 0.6 is 15.9 Å². The summed E-state index contributed by atoms with van der Waals surface area (Å²) in [5.41, 5.74) is 3.10. The number of hydrogen-bond donors (Lipinski definition) is 1. The number of para-hydroxylation sites is 1. The molecule has 1 amide bonds. The lowest BCUT2D eigenvalue weighted by molar-refractivity contribution is 0.0934. The standard InChI is InChI=1S/C21H20BrN3O3/c1-13-10-18(24-25(13)15-6-4-3-5-7-15)21(26)23-14(2)16-11-19-20(12-17(16)22)28-9-8-27-19/h3-7,10-12,14H,8-9H2,1-2H3,(H,23,26). The second-order valence-corrected chi connectivity index (χ2v) is 7.49. The molecule has 3 aromatic rings. The Kier molecular flexibility index (Phi) is 5.09. The van der Waals surface area contributed by atoms with Crippen LogP contribution in [0.1, 0.15) is 34.7 Å². The number of ether oxygens (including phenoxy) is 2. The molecule has 1 unspecified atom stereocenters. The Bertz CT molecular complexity index is 1020. The lowest BCUT2D eigenvalue weighted by atomic mass is 10.1. The van der Waals surface area contributed by atoms with Crippen LogP contribution in [0, 0.1) is 6.92 Å². The number of halogens is 1. The highest BCUT2D eigenvalue weighted by Crippen LogP contribution is 2.37. The Morgan fingerprint density at radius 1 is 1.14 bits per heavy atom. The first-order valence-corrected chi connectivity index (χ1v) is 9.84. The van der Waals surface area contributed by atoms with E-state index in [4.69, 9.17) is 9.47 Å². The summed E-state index contributed by atoms with van der Waals surface area (Å²) in [5.74, 6) is 1.17. The third kappa shape index (κ3) is 3.62. The third-order valence-electron chi connectivity index (χ3n) is 4.60. The lowest BCUT2D eigenvalue weighted by Crippen LogP contribution is -2.27. The van der Waals surface area contributed by atoms with Gasteiger partial charge in [-0.25, -0.2) is 4.68 Å². The van der Waals surface area contributed by atoms with Gasteiger partial charge in [0.25, 0.3) is 5.91 Å². The molecule has 1 aromatic heterocycles. The summed E-state index contributed by atoms with van der Waals surface area (Å²) in [7, 11) is 0. The smallest absolute Gasteiger partial charge is 0.272 e. The summed E-state index contributed by atoms with van der Waals surface area (Å²) < 4.78 is 13.9. The van der Waals surface area contributed by atoms with Crippen molar-refractivity contribution in [3.8, 4) is 17.2 Å². The van der Waals surface area contributed by atoms with Crippen LogP contribution in [0.3, 0.4) is 0 Å².